The van der Waals surface area contributed by atoms with Crippen LogP contribution in [0.1, 0.15) is 17.5 Å². The summed E-state index contributed by atoms with van der Waals surface area (Å²) in [5, 5.41) is 11.4. The number of sulfone groups is 1. The van der Waals surface area contributed by atoms with Gasteiger partial charge in [-0.15, -0.1) is 0 Å². The zero-order chi connectivity index (χ0) is 15.5. The molecule has 1 atom stereocenters. The molecule has 0 aromatic heterocycles. The Kier molecular flexibility index (Phi) is 4.66. The van der Waals surface area contributed by atoms with Crippen LogP contribution in [0, 0.1) is 24.7 Å². The Morgan fingerprint density at radius 1 is 1.43 bits per heavy atom. The van der Waals surface area contributed by atoms with E-state index in [1.807, 2.05) is 13.0 Å². The van der Waals surface area contributed by atoms with Gasteiger partial charge < -0.3 is 10.4 Å². The van der Waals surface area contributed by atoms with Crippen LogP contribution in [-0.4, -0.2) is 37.5 Å². The summed E-state index contributed by atoms with van der Waals surface area (Å²) in [7, 11) is -3.07. The predicted molar refractivity (Wildman–Crippen MR) is 80.5 cm³/mol. The molecule has 1 aromatic carbocycles. The minimum atomic E-state index is -3.07. The summed E-state index contributed by atoms with van der Waals surface area (Å²) in [4.78, 5) is 12.1. The lowest BCUT2D eigenvalue weighted by Crippen LogP contribution is -2.23. The lowest BCUT2D eigenvalue weighted by Gasteiger charge is -2.10. The van der Waals surface area contributed by atoms with Crippen LogP contribution in [0.15, 0.2) is 18.2 Å². The molecule has 1 fully saturated rings. The van der Waals surface area contributed by atoms with E-state index >= 15 is 0 Å². The number of aliphatic hydroxyl groups excluding tert-OH is 1. The van der Waals surface area contributed by atoms with Crippen molar-refractivity contribution >= 4 is 21.4 Å². The van der Waals surface area contributed by atoms with Gasteiger partial charge in [-0.2, -0.15) is 0 Å². The van der Waals surface area contributed by atoms with Crippen molar-refractivity contribution in [3.05, 3.63) is 29.3 Å². The first kappa shape index (κ1) is 15.5. The third kappa shape index (κ3) is 4.31. The number of hydrogen-bond donors (Lipinski definition) is 2. The lowest BCUT2D eigenvalue weighted by atomic mass is 10.1. The van der Waals surface area contributed by atoms with E-state index in [2.05, 4.69) is 17.2 Å². The zero-order valence-electron chi connectivity index (χ0n) is 11.7. The molecule has 0 spiro atoms. The summed E-state index contributed by atoms with van der Waals surface area (Å²) in [6.45, 7) is 1.65. The summed E-state index contributed by atoms with van der Waals surface area (Å²) >= 11 is 0. The molecular formula is C15H17NO4S. The van der Waals surface area contributed by atoms with E-state index in [4.69, 9.17) is 5.11 Å². The Hall–Kier alpha value is -1.84. The van der Waals surface area contributed by atoms with Crippen LogP contribution in [-0.2, 0) is 14.6 Å². The molecule has 1 heterocycles. The van der Waals surface area contributed by atoms with Crippen molar-refractivity contribution in [2.75, 3.05) is 23.4 Å². The first-order chi connectivity index (χ1) is 9.89. The standard InChI is InChI=1S/C15H17NO4S/c1-11-7-12(3-2-5-17)9-14(8-11)16-15(18)13-4-6-21(19,20)10-13/h7-9,13,17H,4-6,10H2,1H3,(H,16,18). The first-order valence-corrected chi connectivity index (χ1v) is 8.44. The van der Waals surface area contributed by atoms with Crippen molar-refractivity contribution in [2.45, 2.75) is 13.3 Å². The van der Waals surface area contributed by atoms with Gasteiger partial charge in [-0.05, 0) is 37.1 Å². The normalized spacial score (nSPS) is 19.6. The largest absolute Gasteiger partial charge is 0.384 e. The molecule has 1 aliphatic rings. The van der Waals surface area contributed by atoms with E-state index in [-0.39, 0.29) is 24.0 Å². The van der Waals surface area contributed by atoms with Crippen molar-refractivity contribution in [3.8, 4) is 11.8 Å². The van der Waals surface area contributed by atoms with Crippen molar-refractivity contribution in [2.24, 2.45) is 5.92 Å². The number of rotatable bonds is 2. The van der Waals surface area contributed by atoms with Gasteiger partial charge in [-0.25, -0.2) is 8.42 Å². The number of carbonyl (C=O) groups excluding carboxylic acids is 1. The summed E-state index contributed by atoms with van der Waals surface area (Å²) in [5.74, 6) is 4.57. The third-order valence-corrected chi connectivity index (χ3v) is 5.03. The highest BCUT2D eigenvalue weighted by molar-refractivity contribution is 7.91. The molecule has 6 heteroatoms. The first-order valence-electron chi connectivity index (χ1n) is 6.62. The summed E-state index contributed by atoms with van der Waals surface area (Å²) < 4.78 is 22.8. The summed E-state index contributed by atoms with van der Waals surface area (Å²) in [5.41, 5.74) is 2.21. The summed E-state index contributed by atoms with van der Waals surface area (Å²) in [6.07, 6.45) is 0.372. The van der Waals surface area contributed by atoms with Crippen molar-refractivity contribution in [1.82, 2.24) is 0 Å². The van der Waals surface area contributed by atoms with Crippen LogP contribution in [0.25, 0.3) is 0 Å². The van der Waals surface area contributed by atoms with E-state index < -0.39 is 15.8 Å². The van der Waals surface area contributed by atoms with Crippen molar-refractivity contribution in [3.63, 3.8) is 0 Å². The van der Waals surface area contributed by atoms with Crippen molar-refractivity contribution < 1.29 is 18.3 Å². The number of amides is 1. The van der Waals surface area contributed by atoms with Gasteiger partial charge in [-0.3, -0.25) is 4.79 Å². The molecule has 1 amide bonds. The third-order valence-electron chi connectivity index (χ3n) is 3.26. The quantitative estimate of drug-likeness (QED) is 0.788. The topological polar surface area (TPSA) is 83.5 Å². The van der Waals surface area contributed by atoms with Gasteiger partial charge >= 0.3 is 0 Å². The molecule has 0 radical (unpaired) electrons. The number of carbonyl (C=O) groups is 1. The fourth-order valence-electron chi connectivity index (χ4n) is 2.32. The molecular weight excluding hydrogens is 290 g/mol. The number of hydrogen-bond acceptors (Lipinski definition) is 4. The van der Waals surface area contributed by atoms with Gasteiger partial charge in [0.25, 0.3) is 0 Å². The lowest BCUT2D eigenvalue weighted by molar-refractivity contribution is -0.119. The Labute approximate surface area is 124 Å². The number of anilines is 1. The summed E-state index contributed by atoms with van der Waals surface area (Å²) in [6, 6.07) is 5.35. The smallest absolute Gasteiger partial charge is 0.228 e. The van der Waals surface area contributed by atoms with Gasteiger partial charge in [0.15, 0.2) is 9.84 Å². The van der Waals surface area contributed by atoms with Crippen LogP contribution in [0.2, 0.25) is 0 Å². The Balaban J connectivity index is 2.12. The second-order valence-electron chi connectivity index (χ2n) is 5.14. The van der Waals surface area contributed by atoms with Crippen LogP contribution in [0.5, 0.6) is 0 Å². The van der Waals surface area contributed by atoms with E-state index in [1.54, 1.807) is 12.1 Å². The fourth-order valence-corrected chi connectivity index (χ4v) is 4.06. The monoisotopic (exact) mass is 307 g/mol. The van der Waals surface area contributed by atoms with Crippen LogP contribution in [0.4, 0.5) is 5.69 Å². The highest BCUT2D eigenvalue weighted by Gasteiger charge is 2.32. The molecule has 1 aromatic rings. The van der Waals surface area contributed by atoms with Gasteiger partial charge in [0.05, 0.1) is 17.4 Å². The SMILES string of the molecule is Cc1cc(C#CCO)cc(NC(=O)C2CCS(=O)(=O)C2)c1. The van der Waals surface area contributed by atoms with Gasteiger partial charge in [0, 0.05) is 11.3 Å². The molecule has 0 saturated carbocycles. The van der Waals surface area contributed by atoms with Gasteiger partial charge in [0.2, 0.25) is 5.91 Å². The maximum atomic E-state index is 12.1. The minimum absolute atomic E-state index is 0.0755. The van der Waals surface area contributed by atoms with Crippen molar-refractivity contribution in [1.29, 1.82) is 0 Å². The van der Waals surface area contributed by atoms with E-state index in [1.165, 1.54) is 0 Å². The molecule has 1 aliphatic heterocycles. The second-order valence-corrected chi connectivity index (χ2v) is 7.37. The molecule has 21 heavy (non-hydrogen) atoms. The molecule has 1 saturated heterocycles. The maximum absolute atomic E-state index is 12.1. The maximum Gasteiger partial charge on any atom is 0.228 e. The van der Waals surface area contributed by atoms with Crippen LogP contribution >= 0.6 is 0 Å². The average molecular weight is 307 g/mol. The molecule has 5 nitrogen and oxygen atoms in total. The van der Waals surface area contributed by atoms with Gasteiger partial charge in [-0.1, -0.05) is 11.8 Å². The van der Waals surface area contributed by atoms with E-state index in [0.29, 0.717) is 17.7 Å². The van der Waals surface area contributed by atoms with Crippen LogP contribution in [0.3, 0.4) is 0 Å². The van der Waals surface area contributed by atoms with E-state index in [9.17, 15) is 13.2 Å². The van der Waals surface area contributed by atoms with E-state index in [0.717, 1.165) is 5.56 Å². The number of aliphatic hydroxyl groups is 1. The highest BCUT2D eigenvalue weighted by Crippen LogP contribution is 2.21. The predicted octanol–water partition coefficient (Wildman–Crippen LogP) is 0.712. The molecule has 2 rings (SSSR count). The molecule has 1 unspecified atom stereocenters. The molecule has 0 aliphatic carbocycles. The minimum Gasteiger partial charge on any atom is -0.384 e. The Morgan fingerprint density at radius 2 is 2.19 bits per heavy atom. The Morgan fingerprint density at radius 3 is 2.81 bits per heavy atom. The molecule has 112 valence electrons. The number of nitrogens with one attached hydrogen (secondary N) is 1. The number of benzene rings is 1. The Bertz CT molecular complexity index is 713. The average Bonchev–Trinajstić information content (AvgIpc) is 2.76. The van der Waals surface area contributed by atoms with Gasteiger partial charge in [0.1, 0.15) is 6.61 Å². The van der Waals surface area contributed by atoms with Crippen LogP contribution < -0.4 is 5.32 Å². The number of aryl methyl sites for hydroxylation is 1. The highest BCUT2D eigenvalue weighted by atomic mass is 32.2. The molecule has 0 bridgehead atoms. The zero-order valence-corrected chi connectivity index (χ0v) is 12.5. The fraction of sp³-hybridized carbons (Fsp3) is 0.400. The molecule has 2 N–H and O–H groups in total. The second kappa shape index (κ2) is 6.29.